The number of hydrogen-bond donors (Lipinski definition) is 2. The van der Waals surface area contributed by atoms with Gasteiger partial charge < -0.3 is 11.1 Å². The van der Waals surface area contributed by atoms with Crippen LogP contribution in [0.4, 0.5) is 10.1 Å². The molecule has 3 N–H and O–H groups in total. The van der Waals surface area contributed by atoms with Crippen molar-refractivity contribution in [1.29, 1.82) is 0 Å². The van der Waals surface area contributed by atoms with Gasteiger partial charge in [-0.05, 0) is 39.0 Å². The van der Waals surface area contributed by atoms with Crippen molar-refractivity contribution < 1.29 is 9.18 Å². The standard InChI is InChI=1S/C12H17FN2O/c1-12(2,3)15-7-11(16)8-4-5-10(14)9(13)6-8/h4-6,15H,7,14H2,1-3H3. The third kappa shape index (κ3) is 3.62. The average Bonchev–Trinajstić information content (AvgIpc) is 2.17. The summed E-state index contributed by atoms with van der Waals surface area (Å²) in [5.41, 5.74) is 5.59. The molecule has 0 aliphatic heterocycles. The first-order valence-corrected chi connectivity index (χ1v) is 5.13. The van der Waals surface area contributed by atoms with E-state index in [2.05, 4.69) is 5.32 Å². The lowest BCUT2D eigenvalue weighted by molar-refractivity contribution is 0.0981. The Balaban J connectivity index is 2.70. The molecular formula is C12H17FN2O. The van der Waals surface area contributed by atoms with Gasteiger partial charge >= 0.3 is 0 Å². The van der Waals surface area contributed by atoms with E-state index in [1.807, 2.05) is 20.8 Å². The number of nitrogens with one attached hydrogen (secondary N) is 1. The zero-order valence-corrected chi connectivity index (χ0v) is 9.80. The maximum atomic E-state index is 13.1. The molecule has 16 heavy (non-hydrogen) atoms. The van der Waals surface area contributed by atoms with Crippen molar-refractivity contribution in [2.45, 2.75) is 26.3 Å². The fraction of sp³-hybridized carbons (Fsp3) is 0.417. The third-order valence-corrected chi connectivity index (χ3v) is 2.10. The molecule has 4 heteroatoms. The van der Waals surface area contributed by atoms with E-state index in [0.29, 0.717) is 5.56 Å². The van der Waals surface area contributed by atoms with E-state index in [9.17, 15) is 9.18 Å². The molecule has 0 bridgehead atoms. The molecule has 0 radical (unpaired) electrons. The summed E-state index contributed by atoms with van der Waals surface area (Å²) in [5.74, 6) is -0.699. The summed E-state index contributed by atoms with van der Waals surface area (Å²) in [4.78, 5) is 11.7. The maximum Gasteiger partial charge on any atom is 0.176 e. The second kappa shape index (κ2) is 4.61. The van der Waals surface area contributed by atoms with Crippen molar-refractivity contribution >= 4 is 11.5 Å². The first-order chi connectivity index (χ1) is 7.29. The van der Waals surface area contributed by atoms with Crippen LogP contribution in [0.3, 0.4) is 0 Å². The minimum absolute atomic E-state index is 0.0559. The molecule has 0 saturated heterocycles. The normalized spacial score (nSPS) is 11.5. The molecule has 0 aromatic heterocycles. The van der Waals surface area contributed by atoms with Crippen molar-refractivity contribution in [2.75, 3.05) is 12.3 Å². The van der Waals surface area contributed by atoms with Crippen LogP contribution in [0.2, 0.25) is 0 Å². The summed E-state index contributed by atoms with van der Waals surface area (Å²) in [6.45, 7) is 6.07. The number of carbonyl (C=O) groups is 1. The molecule has 0 atom stereocenters. The van der Waals surface area contributed by atoms with E-state index in [0.717, 1.165) is 0 Å². The van der Waals surface area contributed by atoms with Gasteiger partial charge in [-0.1, -0.05) is 0 Å². The highest BCUT2D eigenvalue weighted by atomic mass is 19.1. The Hall–Kier alpha value is -1.42. The SMILES string of the molecule is CC(C)(C)NCC(=O)c1ccc(N)c(F)c1. The Bertz CT molecular complexity index is 396. The highest BCUT2D eigenvalue weighted by Crippen LogP contribution is 2.12. The minimum Gasteiger partial charge on any atom is -0.396 e. The zero-order valence-electron chi connectivity index (χ0n) is 9.80. The van der Waals surface area contributed by atoms with Crippen molar-refractivity contribution in [3.8, 4) is 0 Å². The molecule has 1 rings (SSSR count). The zero-order chi connectivity index (χ0) is 12.3. The monoisotopic (exact) mass is 224 g/mol. The Morgan fingerprint density at radius 3 is 2.56 bits per heavy atom. The van der Waals surface area contributed by atoms with Crippen LogP contribution in [-0.4, -0.2) is 17.9 Å². The molecule has 1 aromatic rings. The predicted molar refractivity (Wildman–Crippen MR) is 62.9 cm³/mol. The van der Waals surface area contributed by atoms with E-state index in [-0.39, 0.29) is 23.6 Å². The van der Waals surface area contributed by atoms with Gasteiger partial charge in [-0.15, -0.1) is 0 Å². The van der Waals surface area contributed by atoms with Crippen LogP contribution in [0.1, 0.15) is 31.1 Å². The van der Waals surface area contributed by atoms with Gasteiger partial charge in [0.2, 0.25) is 0 Å². The molecule has 0 amide bonds. The topological polar surface area (TPSA) is 55.1 Å². The summed E-state index contributed by atoms with van der Waals surface area (Å²) < 4.78 is 13.1. The average molecular weight is 224 g/mol. The van der Waals surface area contributed by atoms with Crippen molar-refractivity contribution in [2.24, 2.45) is 0 Å². The molecule has 0 fully saturated rings. The number of anilines is 1. The lowest BCUT2D eigenvalue weighted by Gasteiger charge is -2.19. The summed E-state index contributed by atoms with van der Waals surface area (Å²) in [6.07, 6.45) is 0. The van der Waals surface area contributed by atoms with Gasteiger partial charge in [0.1, 0.15) is 5.82 Å². The number of hydrogen-bond acceptors (Lipinski definition) is 3. The van der Waals surface area contributed by atoms with Crippen molar-refractivity contribution in [1.82, 2.24) is 5.32 Å². The van der Waals surface area contributed by atoms with Gasteiger partial charge in [-0.3, -0.25) is 4.79 Å². The fourth-order valence-electron chi connectivity index (χ4n) is 1.15. The van der Waals surface area contributed by atoms with Crippen molar-refractivity contribution in [3.63, 3.8) is 0 Å². The lowest BCUT2D eigenvalue weighted by Crippen LogP contribution is -2.39. The van der Waals surface area contributed by atoms with Gasteiger partial charge in [-0.2, -0.15) is 0 Å². The van der Waals surface area contributed by atoms with Crippen LogP contribution in [-0.2, 0) is 0 Å². The van der Waals surface area contributed by atoms with Gasteiger partial charge in [0.15, 0.2) is 5.78 Å². The van der Waals surface area contributed by atoms with Crippen molar-refractivity contribution in [3.05, 3.63) is 29.6 Å². The summed E-state index contributed by atoms with van der Waals surface area (Å²) in [7, 11) is 0. The van der Waals surface area contributed by atoms with Crippen LogP contribution in [0.15, 0.2) is 18.2 Å². The van der Waals surface area contributed by atoms with Crippen LogP contribution in [0.25, 0.3) is 0 Å². The largest absolute Gasteiger partial charge is 0.396 e. The number of nitrogen functional groups attached to an aromatic ring is 1. The Labute approximate surface area is 94.8 Å². The quantitative estimate of drug-likeness (QED) is 0.609. The number of benzene rings is 1. The summed E-state index contributed by atoms with van der Waals surface area (Å²) in [6, 6.07) is 4.10. The highest BCUT2D eigenvalue weighted by Gasteiger charge is 2.13. The van der Waals surface area contributed by atoms with Crippen LogP contribution < -0.4 is 11.1 Å². The van der Waals surface area contributed by atoms with E-state index in [1.54, 1.807) is 0 Å². The van der Waals surface area contributed by atoms with Crippen LogP contribution in [0, 0.1) is 5.82 Å². The van der Waals surface area contributed by atoms with Gasteiger partial charge in [-0.25, -0.2) is 4.39 Å². The summed E-state index contributed by atoms with van der Waals surface area (Å²) >= 11 is 0. The van der Waals surface area contributed by atoms with Crippen LogP contribution in [0.5, 0.6) is 0 Å². The molecule has 0 saturated carbocycles. The number of ketones is 1. The maximum absolute atomic E-state index is 13.1. The second-order valence-corrected chi connectivity index (χ2v) is 4.76. The second-order valence-electron chi connectivity index (χ2n) is 4.76. The number of nitrogens with two attached hydrogens (primary N) is 1. The number of Topliss-reactive ketones (excluding diaryl/α,β-unsaturated/α-hetero) is 1. The molecule has 0 spiro atoms. The molecule has 0 unspecified atom stereocenters. The molecule has 0 aliphatic rings. The lowest BCUT2D eigenvalue weighted by atomic mass is 10.1. The highest BCUT2D eigenvalue weighted by molar-refractivity contribution is 5.97. The molecule has 0 heterocycles. The third-order valence-electron chi connectivity index (χ3n) is 2.10. The molecular weight excluding hydrogens is 207 g/mol. The molecule has 0 aliphatic carbocycles. The fourth-order valence-corrected chi connectivity index (χ4v) is 1.15. The van der Waals surface area contributed by atoms with Crippen LogP contribution >= 0.6 is 0 Å². The Morgan fingerprint density at radius 2 is 2.06 bits per heavy atom. The summed E-state index contributed by atoms with van der Waals surface area (Å²) in [5, 5.41) is 3.05. The Morgan fingerprint density at radius 1 is 1.44 bits per heavy atom. The number of rotatable bonds is 3. The first-order valence-electron chi connectivity index (χ1n) is 5.13. The molecule has 88 valence electrons. The van der Waals surface area contributed by atoms with Gasteiger partial charge in [0.05, 0.1) is 12.2 Å². The molecule has 3 nitrogen and oxygen atoms in total. The predicted octanol–water partition coefficient (Wildman–Crippen LogP) is 1.98. The van der Waals surface area contributed by atoms with E-state index >= 15 is 0 Å². The minimum atomic E-state index is -0.554. The van der Waals surface area contributed by atoms with Gasteiger partial charge in [0.25, 0.3) is 0 Å². The smallest absolute Gasteiger partial charge is 0.176 e. The van der Waals surface area contributed by atoms with Gasteiger partial charge in [0, 0.05) is 11.1 Å². The van der Waals surface area contributed by atoms with E-state index < -0.39 is 5.82 Å². The van der Waals surface area contributed by atoms with E-state index in [1.165, 1.54) is 18.2 Å². The number of carbonyl (C=O) groups excluding carboxylic acids is 1. The first kappa shape index (κ1) is 12.6. The molecule has 1 aromatic carbocycles. The number of halogens is 1. The van der Waals surface area contributed by atoms with E-state index in [4.69, 9.17) is 5.73 Å². The Kier molecular flexibility index (Phi) is 3.65.